The predicted octanol–water partition coefficient (Wildman–Crippen LogP) is 4.18. The third kappa shape index (κ3) is 6.54. The molecule has 0 heterocycles. The van der Waals surface area contributed by atoms with E-state index < -0.39 is 11.0 Å². The van der Waals surface area contributed by atoms with E-state index in [1.165, 1.54) is 19.1 Å². The van der Waals surface area contributed by atoms with Gasteiger partial charge in [0.2, 0.25) is 11.8 Å². The Hall–Kier alpha value is -3.42. The van der Waals surface area contributed by atoms with Crippen LogP contribution in [0.4, 0.5) is 5.69 Å². The first-order chi connectivity index (χ1) is 15.9. The first-order valence-corrected chi connectivity index (χ1v) is 11.3. The van der Waals surface area contributed by atoms with Gasteiger partial charge in [-0.2, -0.15) is 0 Å². The number of nitrogens with one attached hydrogen (secondary N) is 1. The van der Waals surface area contributed by atoms with Crippen LogP contribution in [0.15, 0.2) is 48.5 Å². The van der Waals surface area contributed by atoms with Gasteiger partial charge in [-0.3, -0.25) is 19.7 Å². The zero-order valence-electron chi connectivity index (χ0n) is 19.2. The molecule has 1 N–H and O–H groups in total. The smallest absolute Gasteiger partial charge is 0.269 e. The molecule has 0 bridgehead atoms. The average Bonchev–Trinajstić information content (AvgIpc) is 2.82. The molecule has 8 heteroatoms. The van der Waals surface area contributed by atoms with E-state index in [-0.39, 0.29) is 23.5 Å². The number of ether oxygens (including phenoxy) is 1. The van der Waals surface area contributed by atoms with E-state index in [0.717, 1.165) is 43.4 Å². The van der Waals surface area contributed by atoms with Crippen LogP contribution in [0.5, 0.6) is 5.75 Å². The van der Waals surface area contributed by atoms with E-state index in [0.29, 0.717) is 18.5 Å². The van der Waals surface area contributed by atoms with Crippen molar-refractivity contribution in [2.24, 2.45) is 0 Å². The summed E-state index contributed by atoms with van der Waals surface area (Å²) in [6.45, 7) is 1.76. The van der Waals surface area contributed by atoms with E-state index in [1.807, 2.05) is 24.3 Å². The zero-order chi connectivity index (χ0) is 23.8. The minimum absolute atomic E-state index is 0.0593. The van der Waals surface area contributed by atoms with Crippen LogP contribution >= 0.6 is 0 Å². The Labute approximate surface area is 194 Å². The summed E-state index contributed by atoms with van der Waals surface area (Å²) < 4.78 is 5.28. The van der Waals surface area contributed by atoms with Crippen LogP contribution in [0.25, 0.3) is 0 Å². The fourth-order valence-electron chi connectivity index (χ4n) is 4.32. The lowest BCUT2D eigenvalue weighted by molar-refractivity contribution is -0.384. The number of nitro groups is 1. The van der Waals surface area contributed by atoms with Crippen LogP contribution in [0.1, 0.15) is 56.2 Å². The Bertz CT molecular complexity index is 970. The molecule has 0 saturated heterocycles. The van der Waals surface area contributed by atoms with Crippen LogP contribution in [-0.2, 0) is 16.0 Å². The molecule has 0 radical (unpaired) electrons. The second-order valence-corrected chi connectivity index (χ2v) is 8.41. The molecule has 0 spiro atoms. The van der Waals surface area contributed by atoms with E-state index >= 15 is 0 Å². The third-order valence-electron chi connectivity index (χ3n) is 6.11. The van der Waals surface area contributed by atoms with Gasteiger partial charge in [0.15, 0.2) is 0 Å². The summed E-state index contributed by atoms with van der Waals surface area (Å²) in [6, 6.07) is 12.7. The molecule has 33 heavy (non-hydrogen) atoms. The number of non-ortho nitro benzene ring substituents is 1. The number of benzene rings is 2. The maximum absolute atomic E-state index is 13.4. The second-order valence-electron chi connectivity index (χ2n) is 8.41. The standard InChI is InChI=1S/C25H31N3O5/c1-18(29)27(16-15-19-7-6-10-23(17-19)33-2)24(20-11-13-22(14-12-20)28(31)32)25(30)26-21-8-4-3-5-9-21/h6-7,10-14,17,21,24H,3-5,8-9,15-16H2,1-2H3,(H,26,30). The molecule has 1 atom stereocenters. The quantitative estimate of drug-likeness (QED) is 0.453. The molecule has 0 aromatic heterocycles. The third-order valence-corrected chi connectivity index (χ3v) is 6.11. The molecule has 2 amide bonds. The SMILES string of the molecule is COc1cccc(CCN(C(C)=O)C(C(=O)NC2CCCCC2)c2ccc([N+](=O)[O-])cc2)c1. The molecule has 8 nitrogen and oxygen atoms in total. The number of hydrogen-bond acceptors (Lipinski definition) is 5. The Morgan fingerprint density at radius 1 is 1.15 bits per heavy atom. The van der Waals surface area contributed by atoms with Crippen molar-refractivity contribution >= 4 is 17.5 Å². The first-order valence-electron chi connectivity index (χ1n) is 11.3. The summed E-state index contributed by atoms with van der Waals surface area (Å²) in [6.07, 6.45) is 5.68. The van der Waals surface area contributed by atoms with Crippen LogP contribution in [-0.4, -0.2) is 41.3 Å². The van der Waals surface area contributed by atoms with Crippen molar-refractivity contribution in [2.75, 3.05) is 13.7 Å². The molecule has 1 saturated carbocycles. The lowest BCUT2D eigenvalue weighted by Gasteiger charge is -2.33. The molecule has 1 unspecified atom stereocenters. The van der Waals surface area contributed by atoms with Gasteiger partial charge in [0.05, 0.1) is 12.0 Å². The summed E-state index contributed by atoms with van der Waals surface area (Å²) >= 11 is 0. The topological polar surface area (TPSA) is 102 Å². The van der Waals surface area contributed by atoms with Gasteiger partial charge in [-0.25, -0.2) is 0 Å². The number of amides is 2. The molecule has 1 aliphatic carbocycles. The molecule has 0 aliphatic heterocycles. The highest BCUT2D eigenvalue weighted by atomic mass is 16.6. The maximum Gasteiger partial charge on any atom is 0.269 e. The van der Waals surface area contributed by atoms with E-state index in [4.69, 9.17) is 4.74 Å². The van der Waals surface area contributed by atoms with Gasteiger partial charge in [-0.15, -0.1) is 0 Å². The number of methoxy groups -OCH3 is 1. The predicted molar refractivity (Wildman–Crippen MR) is 125 cm³/mol. The van der Waals surface area contributed by atoms with Gasteiger partial charge in [0, 0.05) is 31.6 Å². The number of hydrogen-bond donors (Lipinski definition) is 1. The van der Waals surface area contributed by atoms with Crippen molar-refractivity contribution in [1.82, 2.24) is 10.2 Å². The van der Waals surface area contributed by atoms with Crippen LogP contribution < -0.4 is 10.1 Å². The largest absolute Gasteiger partial charge is 0.497 e. The van der Waals surface area contributed by atoms with Crippen LogP contribution in [0.3, 0.4) is 0 Å². The fourth-order valence-corrected chi connectivity index (χ4v) is 4.32. The Balaban J connectivity index is 1.86. The Kier molecular flexibility index (Phi) is 8.40. The minimum atomic E-state index is -0.865. The highest BCUT2D eigenvalue weighted by Crippen LogP contribution is 2.26. The van der Waals surface area contributed by atoms with Crippen molar-refractivity contribution in [2.45, 2.75) is 57.5 Å². The van der Waals surface area contributed by atoms with Gasteiger partial charge < -0.3 is 15.0 Å². The lowest BCUT2D eigenvalue weighted by atomic mass is 9.94. The van der Waals surface area contributed by atoms with Gasteiger partial charge in [0.1, 0.15) is 11.8 Å². The van der Waals surface area contributed by atoms with Crippen LogP contribution in [0, 0.1) is 10.1 Å². The number of nitro benzene ring substituents is 1. The summed E-state index contributed by atoms with van der Waals surface area (Å²) in [7, 11) is 1.60. The number of carbonyl (C=O) groups is 2. The number of rotatable bonds is 9. The first kappa shape index (κ1) is 24.2. The highest BCUT2D eigenvalue weighted by molar-refractivity contribution is 5.88. The molecule has 2 aromatic carbocycles. The monoisotopic (exact) mass is 453 g/mol. The summed E-state index contributed by atoms with van der Waals surface area (Å²) in [5.41, 5.74) is 1.47. The van der Waals surface area contributed by atoms with Crippen molar-refractivity contribution in [3.63, 3.8) is 0 Å². The summed E-state index contributed by atoms with van der Waals surface area (Å²) in [5.74, 6) is 0.237. The Morgan fingerprint density at radius 2 is 1.85 bits per heavy atom. The van der Waals surface area contributed by atoms with E-state index in [2.05, 4.69) is 5.32 Å². The molecular weight excluding hydrogens is 422 g/mol. The van der Waals surface area contributed by atoms with Crippen molar-refractivity contribution < 1.29 is 19.2 Å². The molecule has 1 aliphatic rings. The number of carbonyl (C=O) groups excluding carboxylic acids is 2. The van der Waals surface area contributed by atoms with Crippen molar-refractivity contribution in [3.05, 3.63) is 69.8 Å². The summed E-state index contributed by atoms with van der Waals surface area (Å²) in [5, 5.41) is 14.2. The van der Waals surface area contributed by atoms with Crippen LogP contribution in [0.2, 0.25) is 0 Å². The molecule has 3 rings (SSSR count). The lowest BCUT2D eigenvalue weighted by Crippen LogP contribution is -2.47. The van der Waals surface area contributed by atoms with E-state index in [9.17, 15) is 19.7 Å². The van der Waals surface area contributed by atoms with E-state index in [1.54, 1.807) is 24.1 Å². The number of nitrogens with zero attached hydrogens (tertiary/aromatic N) is 2. The maximum atomic E-state index is 13.4. The Morgan fingerprint density at radius 3 is 2.45 bits per heavy atom. The summed E-state index contributed by atoms with van der Waals surface area (Å²) in [4.78, 5) is 38.3. The average molecular weight is 454 g/mol. The molecular formula is C25H31N3O5. The molecule has 2 aromatic rings. The zero-order valence-corrected chi connectivity index (χ0v) is 19.2. The normalized spacial score (nSPS) is 14.8. The highest BCUT2D eigenvalue weighted by Gasteiger charge is 2.31. The fraction of sp³-hybridized carbons (Fsp3) is 0.440. The molecule has 1 fully saturated rings. The molecule has 176 valence electrons. The van der Waals surface area contributed by atoms with Gasteiger partial charge >= 0.3 is 0 Å². The van der Waals surface area contributed by atoms with Gasteiger partial charge in [-0.1, -0.05) is 31.4 Å². The second kappa shape index (κ2) is 11.4. The van der Waals surface area contributed by atoms with Gasteiger partial charge in [-0.05, 0) is 54.7 Å². The van der Waals surface area contributed by atoms with Gasteiger partial charge in [0.25, 0.3) is 5.69 Å². The van der Waals surface area contributed by atoms with Crippen molar-refractivity contribution in [3.8, 4) is 5.75 Å². The van der Waals surface area contributed by atoms with Crippen molar-refractivity contribution in [1.29, 1.82) is 0 Å². The minimum Gasteiger partial charge on any atom is -0.497 e.